The molecule has 0 aliphatic heterocycles. The molecule has 1 aromatic heterocycles. The molecule has 132 valence electrons. The van der Waals surface area contributed by atoms with Gasteiger partial charge < -0.3 is 16.4 Å². The molecule has 0 bridgehead atoms. The zero-order valence-corrected chi connectivity index (χ0v) is 15.2. The lowest BCUT2D eigenvalue weighted by Crippen LogP contribution is -2.43. The number of nitrogens with zero attached hydrogens (tertiary/aromatic N) is 1. The summed E-state index contributed by atoms with van der Waals surface area (Å²) in [6.07, 6.45) is 3.02. The van der Waals surface area contributed by atoms with Crippen molar-refractivity contribution in [2.45, 2.75) is 40.0 Å². The van der Waals surface area contributed by atoms with Crippen LogP contribution >= 0.6 is 11.3 Å². The van der Waals surface area contributed by atoms with Crippen molar-refractivity contribution < 1.29 is 14.4 Å². The van der Waals surface area contributed by atoms with Gasteiger partial charge in [0.15, 0.2) is 0 Å². The molecule has 1 aliphatic rings. The van der Waals surface area contributed by atoms with Gasteiger partial charge in [-0.2, -0.15) is 0 Å². The molecule has 4 N–H and O–H groups in total. The lowest BCUT2D eigenvalue weighted by atomic mass is 9.72. The van der Waals surface area contributed by atoms with Crippen LogP contribution in [0.3, 0.4) is 0 Å². The summed E-state index contributed by atoms with van der Waals surface area (Å²) in [6, 6.07) is 1.90. The van der Waals surface area contributed by atoms with Crippen molar-refractivity contribution in [3.05, 3.63) is 21.4 Å². The quantitative estimate of drug-likeness (QED) is 0.835. The molecule has 1 unspecified atom stereocenters. The Kier molecular flexibility index (Phi) is 5.32. The van der Waals surface area contributed by atoms with Crippen LogP contribution in [0, 0.1) is 11.3 Å². The molecular formula is C17H25N3O3S. The summed E-state index contributed by atoms with van der Waals surface area (Å²) in [6.45, 7) is 6.09. The second-order valence-corrected chi connectivity index (χ2v) is 8.60. The standard InChI is InChI=1S/C17H25N3O3S/c1-17(2,3)11-4-5-12-10(6-11)7-13(24-12)16(23)20(8-14(18)21)9-15(19)22/h7,11H,4-6,8-9H2,1-3H3,(H2,18,21)(H2,19,22). The highest BCUT2D eigenvalue weighted by Crippen LogP contribution is 2.40. The minimum atomic E-state index is -0.668. The molecule has 0 saturated heterocycles. The van der Waals surface area contributed by atoms with Gasteiger partial charge in [-0.3, -0.25) is 14.4 Å². The lowest BCUT2D eigenvalue weighted by Gasteiger charge is -2.33. The molecule has 1 aliphatic carbocycles. The van der Waals surface area contributed by atoms with Gasteiger partial charge in [-0.05, 0) is 42.2 Å². The Balaban J connectivity index is 2.20. The highest BCUT2D eigenvalue weighted by molar-refractivity contribution is 7.14. The van der Waals surface area contributed by atoms with E-state index in [-0.39, 0.29) is 24.4 Å². The monoisotopic (exact) mass is 351 g/mol. The number of carbonyl (C=O) groups excluding carboxylic acids is 3. The first-order valence-electron chi connectivity index (χ1n) is 8.05. The first-order chi connectivity index (χ1) is 11.1. The lowest BCUT2D eigenvalue weighted by molar-refractivity contribution is -0.121. The van der Waals surface area contributed by atoms with Crippen molar-refractivity contribution >= 4 is 29.1 Å². The van der Waals surface area contributed by atoms with E-state index in [4.69, 9.17) is 11.5 Å². The Hall–Kier alpha value is -1.89. The molecule has 0 radical (unpaired) electrons. The predicted molar refractivity (Wildman–Crippen MR) is 93.6 cm³/mol. The number of rotatable bonds is 5. The molecule has 3 amide bonds. The van der Waals surface area contributed by atoms with E-state index < -0.39 is 11.8 Å². The number of nitrogens with two attached hydrogens (primary N) is 2. The summed E-state index contributed by atoms with van der Waals surface area (Å²) >= 11 is 1.44. The van der Waals surface area contributed by atoms with E-state index in [1.54, 1.807) is 0 Å². The van der Waals surface area contributed by atoms with Crippen LogP contribution in [0.2, 0.25) is 0 Å². The van der Waals surface area contributed by atoms with Gasteiger partial charge in [-0.15, -0.1) is 11.3 Å². The molecule has 6 nitrogen and oxygen atoms in total. The fraction of sp³-hybridized carbons (Fsp3) is 0.588. The van der Waals surface area contributed by atoms with Gasteiger partial charge >= 0.3 is 0 Å². The predicted octanol–water partition coefficient (Wildman–Crippen LogP) is 1.31. The zero-order chi connectivity index (χ0) is 18.1. The number of amides is 3. The average molecular weight is 351 g/mol. The highest BCUT2D eigenvalue weighted by atomic mass is 32.1. The molecule has 7 heteroatoms. The number of hydrogen-bond donors (Lipinski definition) is 2. The van der Waals surface area contributed by atoms with Gasteiger partial charge in [0.2, 0.25) is 11.8 Å². The minimum absolute atomic E-state index is 0.230. The first-order valence-corrected chi connectivity index (χ1v) is 8.87. The van der Waals surface area contributed by atoms with Crippen molar-refractivity contribution in [2.75, 3.05) is 13.1 Å². The summed E-state index contributed by atoms with van der Waals surface area (Å²) in [5, 5.41) is 0. The van der Waals surface area contributed by atoms with Crippen molar-refractivity contribution in [3.63, 3.8) is 0 Å². The summed E-state index contributed by atoms with van der Waals surface area (Å²) in [7, 11) is 0. The van der Waals surface area contributed by atoms with Crippen LogP contribution < -0.4 is 11.5 Å². The number of hydrogen-bond acceptors (Lipinski definition) is 4. The van der Waals surface area contributed by atoms with Crippen molar-refractivity contribution in [2.24, 2.45) is 22.8 Å². The van der Waals surface area contributed by atoms with Crippen molar-refractivity contribution in [1.29, 1.82) is 0 Å². The molecule has 1 aromatic rings. The third-order valence-electron chi connectivity index (χ3n) is 4.50. The Labute approximate surface area is 146 Å². The molecule has 0 aromatic carbocycles. The molecule has 24 heavy (non-hydrogen) atoms. The molecular weight excluding hydrogens is 326 g/mol. The van der Waals surface area contributed by atoms with Gasteiger partial charge in [0.05, 0.1) is 4.88 Å². The van der Waals surface area contributed by atoms with Crippen LogP contribution in [0.15, 0.2) is 6.07 Å². The Morgan fingerprint density at radius 1 is 1.21 bits per heavy atom. The maximum absolute atomic E-state index is 12.6. The summed E-state index contributed by atoms with van der Waals surface area (Å²) in [5.41, 5.74) is 11.8. The van der Waals surface area contributed by atoms with Crippen molar-refractivity contribution in [1.82, 2.24) is 4.90 Å². The second-order valence-electron chi connectivity index (χ2n) is 7.46. The molecule has 0 saturated carbocycles. The first kappa shape index (κ1) is 18.4. The van der Waals surface area contributed by atoms with E-state index in [1.807, 2.05) is 6.07 Å². The zero-order valence-electron chi connectivity index (χ0n) is 14.4. The Bertz CT molecular complexity index is 645. The fourth-order valence-electron chi connectivity index (χ4n) is 3.10. The number of fused-ring (bicyclic) bond motifs is 1. The number of primary amides is 2. The van der Waals surface area contributed by atoms with Crippen molar-refractivity contribution in [3.8, 4) is 0 Å². The minimum Gasteiger partial charge on any atom is -0.368 e. The number of aryl methyl sites for hydroxylation is 1. The van der Waals surface area contributed by atoms with Crippen LogP contribution in [0.5, 0.6) is 0 Å². The van der Waals surface area contributed by atoms with Gasteiger partial charge in [-0.1, -0.05) is 20.8 Å². The van der Waals surface area contributed by atoms with E-state index in [9.17, 15) is 14.4 Å². The van der Waals surface area contributed by atoms with Gasteiger partial charge in [-0.25, -0.2) is 0 Å². The van der Waals surface area contributed by atoms with Crippen LogP contribution in [-0.2, 0) is 22.4 Å². The second kappa shape index (κ2) is 6.93. The largest absolute Gasteiger partial charge is 0.368 e. The van der Waals surface area contributed by atoms with Crippen LogP contribution in [-0.4, -0.2) is 35.7 Å². The maximum Gasteiger partial charge on any atom is 0.264 e. The van der Waals surface area contributed by atoms with Gasteiger partial charge in [0.1, 0.15) is 13.1 Å². The summed E-state index contributed by atoms with van der Waals surface area (Å²) in [4.78, 5) is 37.8. The van der Waals surface area contributed by atoms with E-state index in [0.29, 0.717) is 10.8 Å². The smallest absolute Gasteiger partial charge is 0.264 e. The van der Waals surface area contributed by atoms with Crippen LogP contribution in [0.25, 0.3) is 0 Å². The average Bonchev–Trinajstić information content (AvgIpc) is 2.86. The molecule has 0 fully saturated rings. The van der Waals surface area contributed by atoms with E-state index >= 15 is 0 Å². The number of carbonyl (C=O) groups is 3. The molecule has 0 spiro atoms. The van der Waals surface area contributed by atoms with Crippen LogP contribution in [0.1, 0.15) is 47.3 Å². The summed E-state index contributed by atoms with van der Waals surface area (Å²) in [5.74, 6) is -1.12. The van der Waals surface area contributed by atoms with Gasteiger partial charge in [0, 0.05) is 4.88 Å². The SMILES string of the molecule is CC(C)(C)C1CCc2sc(C(=O)N(CC(N)=O)CC(N)=O)cc2C1. The summed E-state index contributed by atoms with van der Waals surface area (Å²) < 4.78 is 0. The van der Waals surface area contributed by atoms with E-state index in [0.717, 1.165) is 24.2 Å². The van der Waals surface area contributed by atoms with Gasteiger partial charge in [0.25, 0.3) is 5.91 Å². The maximum atomic E-state index is 12.6. The normalized spacial score (nSPS) is 17.2. The molecule has 1 heterocycles. The fourth-order valence-corrected chi connectivity index (χ4v) is 4.28. The third kappa shape index (κ3) is 4.35. The van der Waals surface area contributed by atoms with E-state index in [1.165, 1.54) is 21.8 Å². The topological polar surface area (TPSA) is 106 Å². The van der Waals surface area contributed by atoms with Crippen LogP contribution in [0.4, 0.5) is 0 Å². The third-order valence-corrected chi connectivity index (χ3v) is 5.72. The number of thiophene rings is 1. The Morgan fingerprint density at radius 3 is 2.29 bits per heavy atom. The molecule has 1 atom stereocenters. The molecule has 2 rings (SSSR count). The Morgan fingerprint density at radius 2 is 1.79 bits per heavy atom. The highest BCUT2D eigenvalue weighted by Gasteiger charge is 2.31. The van der Waals surface area contributed by atoms with E-state index in [2.05, 4.69) is 20.8 Å².